The van der Waals surface area contributed by atoms with E-state index in [-0.39, 0.29) is 0 Å². The zero-order chi connectivity index (χ0) is 17.9. The number of nitrogens with one attached hydrogen (secondary N) is 1. The van der Waals surface area contributed by atoms with E-state index in [1.165, 1.54) is 16.8 Å². The van der Waals surface area contributed by atoms with Crippen LogP contribution in [0.4, 0.5) is 0 Å². The van der Waals surface area contributed by atoms with E-state index in [2.05, 4.69) is 21.3 Å². The van der Waals surface area contributed by atoms with Gasteiger partial charge in [-0.25, -0.2) is 9.97 Å². The summed E-state index contributed by atoms with van der Waals surface area (Å²) in [5.41, 5.74) is 3.64. The molecule has 6 nitrogen and oxygen atoms in total. The molecule has 2 aliphatic heterocycles. The van der Waals surface area contributed by atoms with E-state index in [1.807, 2.05) is 18.3 Å². The number of methoxy groups -OCH3 is 2. The van der Waals surface area contributed by atoms with Crippen molar-refractivity contribution >= 4 is 0 Å². The van der Waals surface area contributed by atoms with E-state index in [9.17, 15) is 0 Å². The predicted molar refractivity (Wildman–Crippen MR) is 99.6 cm³/mol. The fourth-order valence-corrected chi connectivity index (χ4v) is 3.82. The van der Waals surface area contributed by atoms with Crippen molar-refractivity contribution in [2.24, 2.45) is 0 Å². The van der Waals surface area contributed by atoms with Crippen LogP contribution < -0.4 is 14.8 Å². The highest BCUT2D eigenvalue weighted by Crippen LogP contribution is 2.28. The van der Waals surface area contributed by atoms with Gasteiger partial charge in [0, 0.05) is 67.6 Å². The third-order valence-corrected chi connectivity index (χ3v) is 5.35. The van der Waals surface area contributed by atoms with E-state index in [0.29, 0.717) is 5.92 Å². The molecule has 1 atom stereocenters. The van der Waals surface area contributed by atoms with Crippen molar-refractivity contribution in [2.75, 3.05) is 33.9 Å². The van der Waals surface area contributed by atoms with Crippen molar-refractivity contribution in [1.29, 1.82) is 0 Å². The van der Waals surface area contributed by atoms with Crippen LogP contribution in [0.1, 0.15) is 35.0 Å². The smallest absolute Gasteiger partial charge is 0.132 e. The summed E-state index contributed by atoms with van der Waals surface area (Å²) in [5, 5.41) is 3.40. The van der Waals surface area contributed by atoms with E-state index in [0.717, 1.165) is 62.9 Å². The first-order valence-electron chi connectivity index (χ1n) is 9.25. The number of nitrogens with zero attached hydrogens (tertiary/aromatic N) is 3. The van der Waals surface area contributed by atoms with Crippen LogP contribution in [0.5, 0.6) is 11.5 Å². The molecule has 3 heterocycles. The summed E-state index contributed by atoms with van der Waals surface area (Å²) in [5.74, 6) is 3.17. The maximum atomic E-state index is 5.53. The Morgan fingerprint density at radius 2 is 2.19 bits per heavy atom. The summed E-state index contributed by atoms with van der Waals surface area (Å²) in [6, 6.07) is 6.01. The van der Waals surface area contributed by atoms with Gasteiger partial charge in [0.2, 0.25) is 0 Å². The van der Waals surface area contributed by atoms with Crippen LogP contribution in [0.25, 0.3) is 0 Å². The van der Waals surface area contributed by atoms with Crippen LogP contribution in [0.3, 0.4) is 0 Å². The maximum Gasteiger partial charge on any atom is 0.132 e. The average Bonchev–Trinajstić information content (AvgIpc) is 3.22. The second-order valence-electron chi connectivity index (χ2n) is 7.03. The Morgan fingerprint density at radius 1 is 1.27 bits per heavy atom. The van der Waals surface area contributed by atoms with Gasteiger partial charge in [0.25, 0.3) is 0 Å². The highest BCUT2D eigenvalue weighted by molar-refractivity contribution is 5.40. The summed E-state index contributed by atoms with van der Waals surface area (Å²) < 4.78 is 10.8. The molecule has 1 fully saturated rings. The molecule has 1 N–H and O–H groups in total. The molecule has 0 bridgehead atoms. The highest BCUT2D eigenvalue weighted by Gasteiger charge is 2.23. The summed E-state index contributed by atoms with van der Waals surface area (Å²) in [6.45, 7) is 4.81. The standard InChI is InChI=1S/C20H26N4O2/c1-25-17-4-3-15(19(9-17)26-2)12-24-8-6-18-16(13-24)11-22-20(23-18)14-5-7-21-10-14/h3-4,9,11,14,21H,5-8,10,12-13H2,1-2H3/t14-/m0/s1. The van der Waals surface area contributed by atoms with Crippen molar-refractivity contribution in [3.05, 3.63) is 47.0 Å². The number of benzene rings is 1. The Morgan fingerprint density at radius 3 is 2.96 bits per heavy atom. The Kier molecular flexibility index (Phi) is 5.04. The average molecular weight is 354 g/mol. The van der Waals surface area contributed by atoms with E-state index < -0.39 is 0 Å². The molecule has 0 aliphatic carbocycles. The number of ether oxygens (including phenoxy) is 2. The minimum absolute atomic E-state index is 0.474. The Bertz CT molecular complexity index is 774. The lowest BCUT2D eigenvalue weighted by molar-refractivity contribution is 0.238. The van der Waals surface area contributed by atoms with Crippen LogP contribution in [-0.4, -0.2) is 48.7 Å². The molecule has 4 rings (SSSR count). The van der Waals surface area contributed by atoms with Gasteiger partial charge in [0.15, 0.2) is 0 Å². The van der Waals surface area contributed by atoms with Crippen molar-refractivity contribution in [2.45, 2.75) is 31.8 Å². The van der Waals surface area contributed by atoms with Gasteiger partial charge in [-0.05, 0) is 19.0 Å². The lowest BCUT2D eigenvalue weighted by Crippen LogP contribution is -2.31. The molecule has 0 spiro atoms. The largest absolute Gasteiger partial charge is 0.497 e. The van der Waals surface area contributed by atoms with Crippen molar-refractivity contribution in [1.82, 2.24) is 20.2 Å². The monoisotopic (exact) mass is 354 g/mol. The quantitative estimate of drug-likeness (QED) is 0.888. The number of hydrogen-bond acceptors (Lipinski definition) is 6. The first kappa shape index (κ1) is 17.2. The summed E-state index contributed by atoms with van der Waals surface area (Å²) in [7, 11) is 3.38. The molecule has 0 radical (unpaired) electrons. The van der Waals surface area contributed by atoms with Gasteiger partial charge in [-0.2, -0.15) is 0 Å². The van der Waals surface area contributed by atoms with Crippen molar-refractivity contribution in [3.63, 3.8) is 0 Å². The van der Waals surface area contributed by atoms with Gasteiger partial charge in [0.05, 0.1) is 14.2 Å². The third kappa shape index (κ3) is 3.52. The zero-order valence-electron chi connectivity index (χ0n) is 15.5. The predicted octanol–water partition coefficient (Wildman–Crippen LogP) is 2.13. The molecular formula is C20H26N4O2. The van der Waals surface area contributed by atoms with Gasteiger partial charge in [-0.1, -0.05) is 6.07 Å². The van der Waals surface area contributed by atoms with Gasteiger partial charge in [0.1, 0.15) is 17.3 Å². The molecule has 0 saturated carbocycles. The summed E-state index contributed by atoms with van der Waals surface area (Å²) in [4.78, 5) is 12.0. The molecule has 26 heavy (non-hydrogen) atoms. The van der Waals surface area contributed by atoms with Crippen LogP contribution >= 0.6 is 0 Å². The fraction of sp³-hybridized carbons (Fsp3) is 0.500. The van der Waals surface area contributed by atoms with Gasteiger partial charge in [-0.15, -0.1) is 0 Å². The van der Waals surface area contributed by atoms with Crippen molar-refractivity contribution in [3.8, 4) is 11.5 Å². The van der Waals surface area contributed by atoms with E-state index in [1.54, 1.807) is 14.2 Å². The minimum atomic E-state index is 0.474. The van der Waals surface area contributed by atoms with Crippen LogP contribution in [0.15, 0.2) is 24.4 Å². The lowest BCUT2D eigenvalue weighted by Gasteiger charge is -2.29. The second kappa shape index (κ2) is 7.60. The molecular weight excluding hydrogens is 328 g/mol. The second-order valence-corrected chi connectivity index (χ2v) is 7.03. The highest BCUT2D eigenvalue weighted by atomic mass is 16.5. The Balaban J connectivity index is 1.47. The number of hydrogen-bond donors (Lipinski definition) is 1. The number of aromatic nitrogens is 2. The summed E-state index contributed by atoms with van der Waals surface area (Å²) in [6.07, 6.45) is 4.15. The van der Waals surface area contributed by atoms with Crippen molar-refractivity contribution < 1.29 is 9.47 Å². The molecule has 2 aliphatic rings. The topological polar surface area (TPSA) is 59.5 Å². The zero-order valence-corrected chi connectivity index (χ0v) is 15.5. The van der Waals surface area contributed by atoms with Gasteiger partial charge >= 0.3 is 0 Å². The first-order valence-corrected chi connectivity index (χ1v) is 9.25. The minimum Gasteiger partial charge on any atom is -0.497 e. The van der Waals surface area contributed by atoms with Gasteiger partial charge < -0.3 is 14.8 Å². The van der Waals surface area contributed by atoms with Crippen LogP contribution in [0, 0.1) is 0 Å². The summed E-state index contributed by atoms with van der Waals surface area (Å²) >= 11 is 0. The van der Waals surface area contributed by atoms with E-state index >= 15 is 0 Å². The molecule has 0 amide bonds. The first-order chi connectivity index (χ1) is 12.8. The van der Waals surface area contributed by atoms with E-state index in [4.69, 9.17) is 14.5 Å². The maximum absolute atomic E-state index is 5.53. The lowest BCUT2D eigenvalue weighted by atomic mass is 10.0. The number of rotatable bonds is 5. The molecule has 1 aromatic carbocycles. The molecule has 138 valence electrons. The molecule has 6 heteroatoms. The Labute approximate surface area is 154 Å². The Hall–Kier alpha value is -2.18. The molecule has 0 unspecified atom stereocenters. The normalized spacial score (nSPS) is 20.0. The van der Waals surface area contributed by atoms with Crippen LogP contribution in [0.2, 0.25) is 0 Å². The molecule has 1 saturated heterocycles. The third-order valence-electron chi connectivity index (χ3n) is 5.35. The fourth-order valence-electron chi connectivity index (χ4n) is 3.82. The number of fused-ring (bicyclic) bond motifs is 1. The van der Waals surface area contributed by atoms with Crippen LogP contribution in [-0.2, 0) is 19.5 Å². The molecule has 1 aromatic heterocycles. The molecule has 2 aromatic rings. The SMILES string of the molecule is COc1ccc(CN2CCc3nc([C@H]4CCNC4)ncc3C2)c(OC)c1. The van der Waals surface area contributed by atoms with Gasteiger partial charge in [-0.3, -0.25) is 4.90 Å².